The quantitative estimate of drug-likeness (QED) is 0.879. The molecule has 1 aromatic heterocycles. The maximum Gasteiger partial charge on any atom is 0.313 e. The number of aromatic nitrogens is 1. The molecular weight excluding hydrogens is 274 g/mol. The zero-order valence-corrected chi connectivity index (χ0v) is 11.1. The van der Waals surface area contributed by atoms with E-state index in [1.165, 1.54) is 10.6 Å². The van der Waals surface area contributed by atoms with Gasteiger partial charge in [0, 0.05) is 28.4 Å². The maximum atomic E-state index is 11.8. The molecule has 18 heavy (non-hydrogen) atoms. The Hall–Kier alpha value is -1.46. The van der Waals surface area contributed by atoms with E-state index in [1.807, 2.05) is 0 Å². The van der Waals surface area contributed by atoms with Crippen molar-refractivity contribution in [1.82, 2.24) is 4.57 Å². The van der Waals surface area contributed by atoms with Gasteiger partial charge in [-0.15, -0.1) is 11.8 Å². The average Bonchev–Trinajstić information content (AvgIpc) is 2.31. The van der Waals surface area contributed by atoms with Gasteiger partial charge in [-0.2, -0.15) is 0 Å². The number of hydrogen-bond donors (Lipinski definition) is 1. The first-order chi connectivity index (χ1) is 8.49. The number of hydrogen-bond acceptors (Lipinski definition) is 3. The maximum absolute atomic E-state index is 11.8. The van der Waals surface area contributed by atoms with Gasteiger partial charge in [-0.25, -0.2) is 0 Å². The van der Waals surface area contributed by atoms with E-state index in [0.29, 0.717) is 9.92 Å². The molecule has 0 fully saturated rings. The van der Waals surface area contributed by atoms with Crippen LogP contribution in [0.3, 0.4) is 0 Å². The topological polar surface area (TPSA) is 59.3 Å². The average molecular weight is 284 g/mol. The van der Waals surface area contributed by atoms with Crippen molar-refractivity contribution in [3.8, 4) is 0 Å². The van der Waals surface area contributed by atoms with Crippen LogP contribution in [0.1, 0.15) is 0 Å². The second-order valence-electron chi connectivity index (χ2n) is 3.75. The molecule has 94 valence electrons. The predicted molar refractivity (Wildman–Crippen MR) is 72.6 cm³/mol. The van der Waals surface area contributed by atoms with Crippen LogP contribution in [0.2, 0.25) is 5.02 Å². The predicted octanol–water partition coefficient (Wildman–Crippen LogP) is 2.37. The zero-order valence-electron chi connectivity index (χ0n) is 9.51. The molecule has 0 amide bonds. The first-order valence-electron chi connectivity index (χ1n) is 5.13. The molecule has 0 radical (unpaired) electrons. The third-order valence-electron chi connectivity index (χ3n) is 2.52. The largest absolute Gasteiger partial charge is 0.481 e. The van der Waals surface area contributed by atoms with Crippen molar-refractivity contribution in [2.45, 2.75) is 4.90 Å². The smallest absolute Gasteiger partial charge is 0.313 e. The van der Waals surface area contributed by atoms with Crippen LogP contribution in [0.25, 0.3) is 10.9 Å². The van der Waals surface area contributed by atoms with Crippen LogP contribution in [0.4, 0.5) is 0 Å². The van der Waals surface area contributed by atoms with Gasteiger partial charge < -0.3 is 9.67 Å². The molecule has 0 aliphatic heterocycles. The van der Waals surface area contributed by atoms with E-state index in [-0.39, 0.29) is 11.3 Å². The highest BCUT2D eigenvalue weighted by molar-refractivity contribution is 8.00. The van der Waals surface area contributed by atoms with Gasteiger partial charge in [0.1, 0.15) is 0 Å². The molecular formula is C12H10ClNO3S. The third-order valence-corrected chi connectivity index (χ3v) is 3.80. The number of halogens is 1. The molecule has 2 aromatic rings. The second kappa shape index (κ2) is 5.04. The van der Waals surface area contributed by atoms with E-state index < -0.39 is 5.97 Å². The summed E-state index contributed by atoms with van der Waals surface area (Å²) in [7, 11) is 1.67. The fourth-order valence-corrected chi connectivity index (χ4v) is 2.62. The van der Waals surface area contributed by atoms with Crippen molar-refractivity contribution >= 4 is 40.2 Å². The van der Waals surface area contributed by atoms with Crippen LogP contribution in [0.15, 0.2) is 34.0 Å². The lowest BCUT2D eigenvalue weighted by Gasteiger charge is -2.09. The highest BCUT2D eigenvalue weighted by Crippen LogP contribution is 2.28. The molecule has 6 heteroatoms. The minimum Gasteiger partial charge on any atom is -0.481 e. The Labute approximate surface area is 112 Å². The molecule has 0 bridgehead atoms. The molecule has 0 unspecified atom stereocenters. The Kier molecular flexibility index (Phi) is 3.63. The molecule has 1 N–H and O–H groups in total. The summed E-state index contributed by atoms with van der Waals surface area (Å²) in [6.07, 6.45) is 0. The number of carbonyl (C=O) groups is 1. The van der Waals surface area contributed by atoms with Gasteiger partial charge >= 0.3 is 5.97 Å². The summed E-state index contributed by atoms with van der Waals surface area (Å²) in [5, 5.41) is 10.0. The first kappa shape index (κ1) is 13.0. The SMILES string of the molecule is Cn1c(=O)cc(SCC(=O)O)c2cc(Cl)ccc21. The van der Waals surface area contributed by atoms with Gasteiger partial charge in [0.05, 0.1) is 11.3 Å². The number of nitrogens with zero attached hydrogens (tertiary/aromatic N) is 1. The summed E-state index contributed by atoms with van der Waals surface area (Å²) < 4.78 is 1.51. The van der Waals surface area contributed by atoms with Gasteiger partial charge in [0.2, 0.25) is 0 Å². The summed E-state index contributed by atoms with van der Waals surface area (Å²) in [4.78, 5) is 23.0. The Morgan fingerprint density at radius 2 is 2.17 bits per heavy atom. The van der Waals surface area contributed by atoms with Gasteiger partial charge in [-0.05, 0) is 18.2 Å². The summed E-state index contributed by atoms with van der Waals surface area (Å²) >= 11 is 7.05. The summed E-state index contributed by atoms with van der Waals surface area (Å²) in [5.74, 6) is -1.01. The van der Waals surface area contributed by atoms with Gasteiger partial charge in [-0.1, -0.05) is 11.6 Å². The number of aryl methyl sites for hydroxylation is 1. The van der Waals surface area contributed by atoms with E-state index in [1.54, 1.807) is 25.2 Å². The van der Waals surface area contributed by atoms with E-state index in [4.69, 9.17) is 16.7 Å². The lowest BCUT2D eigenvalue weighted by Crippen LogP contribution is -2.16. The number of benzene rings is 1. The lowest BCUT2D eigenvalue weighted by molar-refractivity contribution is -0.133. The zero-order chi connectivity index (χ0) is 13.3. The second-order valence-corrected chi connectivity index (χ2v) is 5.20. The van der Waals surface area contributed by atoms with Crippen LogP contribution in [0.5, 0.6) is 0 Å². The standard InChI is InChI=1S/C12H10ClNO3S/c1-14-9-3-2-7(13)4-8(9)10(5-11(14)15)18-6-12(16)17/h2-5H,6H2,1H3,(H,16,17). The fourth-order valence-electron chi connectivity index (χ4n) is 1.66. The molecule has 1 aromatic carbocycles. The number of carboxylic acids is 1. The van der Waals surface area contributed by atoms with Crippen LogP contribution in [0, 0.1) is 0 Å². The van der Waals surface area contributed by atoms with Crippen molar-refractivity contribution in [3.63, 3.8) is 0 Å². The number of rotatable bonds is 3. The summed E-state index contributed by atoms with van der Waals surface area (Å²) in [6.45, 7) is 0. The molecule has 2 rings (SSSR count). The van der Waals surface area contributed by atoms with Gasteiger partial charge in [-0.3, -0.25) is 9.59 Å². The lowest BCUT2D eigenvalue weighted by atomic mass is 10.2. The minimum atomic E-state index is -0.921. The highest BCUT2D eigenvalue weighted by atomic mass is 35.5. The van der Waals surface area contributed by atoms with Crippen molar-refractivity contribution in [1.29, 1.82) is 0 Å². The summed E-state index contributed by atoms with van der Waals surface area (Å²) in [5.41, 5.74) is 0.567. The number of thioether (sulfide) groups is 1. The Morgan fingerprint density at radius 3 is 2.83 bits per heavy atom. The molecule has 0 aliphatic carbocycles. The van der Waals surface area contributed by atoms with Crippen LogP contribution in [-0.2, 0) is 11.8 Å². The first-order valence-corrected chi connectivity index (χ1v) is 6.49. The Morgan fingerprint density at radius 1 is 1.44 bits per heavy atom. The van der Waals surface area contributed by atoms with Gasteiger partial charge in [0.15, 0.2) is 0 Å². The number of fused-ring (bicyclic) bond motifs is 1. The highest BCUT2D eigenvalue weighted by Gasteiger charge is 2.09. The molecule has 0 saturated carbocycles. The number of pyridine rings is 1. The van der Waals surface area contributed by atoms with Crippen molar-refractivity contribution in [2.24, 2.45) is 7.05 Å². The van der Waals surface area contributed by atoms with E-state index >= 15 is 0 Å². The van der Waals surface area contributed by atoms with Crippen LogP contribution >= 0.6 is 23.4 Å². The van der Waals surface area contributed by atoms with Crippen molar-refractivity contribution in [2.75, 3.05) is 5.75 Å². The molecule has 0 atom stereocenters. The van der Waals surface area contributed by atoms with Gasteiger partial charge in [0.25, 0.3) is 5.56 Å². The molecule has 0 aliphatic rings. The summed E-state index contributed by atoms with van der Waals surface area (Å²) in [6, 6.07) is 6.63. The third kappa shape index (κ3) is 2.52. The monoisotopic (exact) mass is 283 g/mol. The van der Waals surface area contributed by atoms with E-state index in [0.717, 1.165) is 22.7 Å². The molecule has 0 saturated heterocycles. The minimum absolute atomic E-state index is 0.0885. The Bertz CT molecular complexity index is 681. The van der Waals surface area contributed by atoms with Crippen molar-refractivity contribution in [3.05, 3.63) is 39.6 Å². The number of carboxylic acid groups (broad SMARTS) is 1. The number of aliphatic carboxylic acids is 1. The molecule has 0 spiro atoms. The fraction of sp³-hybridized carbons (Fsp3) is 0.167. The van der Waals surface area contributed by atoms with E-state index in [2.05, 4.69) is 0 Å². The Balaban J connectivity index is 2.64. The van der Waals surface area contributed by atoms with Crippen molar-refractivity contribution < 1.29 is 9.90 Å². The molecule has 1 heterocycles. The van der Waals surface area contributed by atoms with Crippen LogP contribution < -0.4 is 5.56 Å². The van der Waals surface area contributed by atoms with Crippen LogP contribution in [-0.4, -0.2) is 21.4 Å². The normalized spacial score (nSPS) is 10.8. The molecule has 4 nitrogen and oxygen atoms in total. The van der Waals surface area contributed by atoms with E-state index in [9.17, 15) is 9.59 Å².